The molecule has 102 valence electrons. The minimum absolute atomic E-state index is 0.790. The molecule has 0 fully saturated rings. The van der Waals surface area contributed by atoms with Gasteiger partial charge in [-0.25, -0.2) is 4.98 Å². The molecule has 0 spiro atoms. The topological polar surface area (TPSA) is 34.1 Å². The summed E-state index contributed by atoms with van der Waals surface area (Å²) < 4.78 is 5.40. The van der Waals surface area contributed by atoms with Gasteiger partial charge >= 0.3 is 0 Å². The number of benzene rings is 1. The Balaban J connectivity index is 1.94. The van der Waals surface area contributed by atoms with Crippen LogP contribution in [-0.2, 0) is 6.54 Å². The highest BCUT2D eigenvalue weighted by atomic mass is 32.1. The molecule has 0 aliphatic heterocycles. The SMILES string of the molecule is COc1cccc2c(NCc3cscc3C)nccc12. The first kappa shape index (κ1) is 12.9. The molecule has 0 aliphatic carbocycles. The number of fused-ring (bicyclic) bond motifs is 1. The van der Waals surface area contributed by atoms with Crippen LogP contribution in [0.3, 0.4) is 0 Å². The van der Waals surface area contributed by atoms with Crippen molar-refractivity contribution < 1.29 is 4.74 Å². The molecule has 0 saturated heterocycles. The van der Waals surface area contributed by atoms with Gasteiger partial charge in [0.15, 0.2) is 0 Å². The number of hydrogen-bond acceptors (Lipinski definition) is 4. The molecule has 1 N–H and O–H groups in total. The van der Waals surface area contributed by atoms with Crippen molar-refractivity contribution in [3.05, 3.63) is 52.3 Å². The molecule has 0 unspecified atom stereocenters. The van der Waals surface area contributed by atoms with Crippen LogP contribution in [-0.4, -0.2) is 12.1 Å². The molecule has 0 aliphatic rings. The van der Waals surface area contributed by atoms with Crippen LogP contribution in [0, 0.1) is 6.92 Å². The predicted octanol–water partition coefficient (Wildman–Crippen LogP) is 4.23. The van der Waals surface area contributed by atoms with Gasteiger partial charge in [-0.2, -0.15) is 11.3 Å². The first-order valence-electron chi connectivity index (χ1n) is 6.47. The molecular formula is C16H16N2OS. The van der Waals surface area contributed by atoms with E-state index in [-0.39, 0.29) is 0 Å². The predicted molar refractivity (Wildman–Crippen MR) is 84.7 cm³/mol. The number of rotatable bonds is 4. The second kappa shape index (κ2) is 5.51. The maximum atomic E-state index is 5.40. The van der Waals surface area contributed by atoms with Crippen molar-refractivity contribution in [2.24, 2.45) is 0 Å². The highest BCUT2D eigenvalue weighted by Gasteiger charge is 2.07. The van der Waals surface area contributed by atoms with Gasteiger partial charge in [0.2, 0.25) is 0 Å². The van der Waals surface area contributed by atoms with E-state index in [1.54, 1.807) is 18.4 Å². The summed E-state index contributed by atoms with van der Waals surface area (Å²) in [5.41, 5.74) is 2.64. The Hall–Kier alpha value is -2.07. The molecule has 20 heavy (non-hydrogen) atoms. The largest absolute Gasteiger partial charge is 0.496 e. The molecule has 0 radical (unpaired) electrons. The summed E-state index contributed by atoms with van der Waals surface area (Å²) in [6.07, 6.45) is 1.81. The minimum Gasteiger partial charge on any atom is -0.496 e. The van der Waals surface area contributed by atoms with Crippen LogP contribution in [0.1, 0.15) is 11.1 Å². The quantitative estimate of drug-likeness (QED) is 0.778. The normalized spacial score (nSPS) is 10.7. The van der Waals surface area contributed by atoms with E-state index in [0.717, 1.165) is 28.9 Å². The number of aryl methyl sites for hydroxylation is 1. The van der Waals surface area contributed by atoms with Gasteiger partial charge in [0.1, 0.15) is 11.6 Å². The number of anilines is 1. The minimum atomic E-state index is 0.790. The van der Waals surface area contributed by atoms with Crippen LogP contribution in [0.5, 0.6) is 5.75 Å². The van der Waals surface area contributed by atoms with Crippen molar-refractivity contribution in [2.75, 3.05) is 12.4 Å². The Morgan fingerprint density at radius 3 is 2.85 bits per heavy atom. The number of pyridine rings is 1. The van der Waals surface area contributed by atoms with E-state index in [2.05, 4.69) is 34.1 Å². The van der Waals surface area contributed by atoms with Crippen molar-refractivity contribution in [3.8, 4) is 5.75 Å². The van der Waals surface area contributed by atoms with E-state index >= 15 is 0 Å². The summed E-state index contributed by atoms with van der Waals surface area (Å²) in [6.45, 7) is 2.92. The molecule has 4 heteroatoms. The zero-order valence-electron chi connectivity index (χ0n) is 11.5. The van der Waals surface area contributed by atoms with Crippen molar-refractivity contribution in [1.82, 2.24) is 4.98 Å². The fraction of sp³-hybridized carbons (Fsp3) is 0.188. The third-order valence-electron chi connectivity index (χ3n) is 3.39. The molecular weight excluding hydrogens is 268 g/mol. The second-order valence-electron chi connectivity index (χ2n) is 4.65. The summed E-state index contributed by atoms with van der Waals surface area (Å²) in [4.78, 5) is 4.45. The Morgan fingerprint density at radius 2 is 2.10 bits per heavy atom. The van der Waals surface area contributed by atoms with Gasteiger partial charge in [0.25, 0.3) is 0 Å². The molecule has 0 atom stereocenters. The van der Waals surface area contributed by atoms with Crippen LogP contribution < -0.4 is 10.1 Å². The third-order valence-corrected chi connectivity index (χ3v) is 4.30. The summed E-state index contributed by atoms with van der Waals surface area (Å²) in [7, 11) is 1.69. The first-order chi connectivity index (χ1) is 9.79. The van der Waals surface area contributed by atoms with Gasteiger partial charge in [-0.05, 0) is 40.9 Å². The number of nitrogens with zero attached hydrogens (tertiary/aromatic N) is 1. The highest BCUT2D eigenvalue weighted by molar-refractivity contribution is 7.08. The highest BCUT2D eigenvalue weighted by Crippen LogP contribution is 2.29. The average Bonchev–Trinajstić information content (AvgIpc) is 2.89. The van der Waals surface area contributed by atoms with Crippen molar-refractivity contribution in [1.29, 1.82) is 0 Å². The van der Waals surface area contributed by atoms with E-state index in [1.165, 1.54) is 11.1 Å². The molecule has 2 heterocycles. The van der Waals surface area contributed by atoms with Crippen molar-refractivity contribution in [2.45, 2.75) is 13.5 Å². The average molecular weight is 284 g/mol. The molecule has 0 amide bonds. The Bertz CT molecular complexity index is 736. The lowest BCUT2D eigenvalue weighted by molar-refractivity contribution is 0.420. The van der Waals surface area contributed by atoms with E-state index in [4.69, 9.17) is 4.74 Å². The molecule has 0 bridgehead atoms. The second-order valence-corrected chi connectivity index (χ2v) is 5.39. The molecule has 3 rings (SSSR count). The molecule has 1 aromatic carbocycles. The van der Waals surface area contributed by atoms with E-state index in [9.17, 15) is 0 Å². The Labute approximate surface area is 122 Å². The fourth-order valence-electron chi connectivity index (χ4n) is 2.24. The van der Waals surface area contributed by atoms with Gasteiger partial charge in [-0.3, -0.25) is 0 Å². The fourth-order valence-corrected chi connectivity index (χ4v) is 3.10. The van der Waals surface area contributed by atoms with Crippen molar-refractivity contribution in [3.63, 3.8) is 0 Å². The Kier molecular flexibility index (Phi) is 3.56. The van der Waals surface area contributed by atoms with Crippen molar-refractivity contribution >= 4 is 27.9 Å². The number of thiophene rings is 1. The standard InChI is InChI=1S/C16H16N2OS/c1-11-9-20-10-12(11)8-18-16-14-4-3-5-15(19-2)13(14)6-7-17-16/h3-7,9-10H,8H2,1-2H3,(H,17,18). The summed E-state index contributed by atoms with van der Waals surface area (Å²) in [5, 5.41) is 9.92. The summed E-state index contributed by atoms with van der Waals surface area (Å²) >= 11 is 1.73. The monoisotopic (exact) mass is 284 g/mol. The number of aromatic nitrogens is 1. The summed E-state index contributed by atoms with van der Waals surface area (Å²) in [5.74, 6) is 1.77. The van der Waals surface area contributed by atoms with Crippen LogP contribution >= 0.6 is 11.3 Å². The van der Waals surface area contributed by atoms with Gasteiger partial charge in [-0.15, -0.1) is 0 Å². The zero-order valence-corrected chi connectivity index (χ0v) is 12.3. The van der Waals surface area contributed by atoms with E-state index < -0.39 is 0 Å². The third kappa shape index (κ3) is 2.34. The lowest BCUT2D eigenvalue weighted by Gasteiger charge is -2.10. The van der Waals surface area contributed by atoms with Crippen LogP contribution in [0.15, 0.2) is 41.2 Å². The van der Waals surface area contributed by atoms with Gasteiger partial charge in [-0.1, -0.05) is 12.1 Å². The maximum Gasteiger partial charge on any atom is 0.134 e. The number of ether oxygens (including phenoxy) is 1. The molecule has 3 nitrogen and oxygen atoms in total. The number of hydrogen-bond donors (Lipinski definition) is 1. The number of nitrogens with one attached hydrogen (secondary N) is 1. The molecule has 2 aromatic heterocycles. The van der Waals surface area contributed by atoms with Gasteiger partial charge < -0.3 is 10.1 Å². The van der Waals surface area contributed by atoms with Crippen LogP contribution in [0.2, 0.25) is 0 Å². The smallest absolute Gasteiger partial charge is 0.134 e. The van der Waals surface area contributed by atoms with E-state index in [0.29, 0.717) is 0 Å². The first-order valence-corrected chi connectivity index (χ1v) is 7.41. The molecule has 0 saturated carbocycles. The Morgan fingerprint density at radius 1 is 1.20 bits per heavy atom. The number of methoxy groups -OCH3 is 1. The maximum absolute atomic E-state index is 5.40. The lowest BCUT2D eigenvalue weighted by atomic mass is 10.1. The lowest BCUT2D eigenvalue weighted by Crippen LogP contribution is -2.02. The van der Waals surface area contributed by atoms with Crippen LogP contribution in [0.4, 0.5) is 5.82 Å². The zero-order chi connectivity index (χ0) is 13.9. The van der Waals surface area contributed by atoms with Crippen LogP contribution in [0.25, 0.3) is 10.8 Å². The molecule has 3 aromatic rings. The van der Waals surface area contributed by atoms with Gasteiger partial charge in [0.05, 0.1) is 7.11 Å². The van der Waals surface area contributed by atoms with Gasteiger partial charge in [0, 0.05) is 23.5 Å². The summed E-state index contributed by atoms with van der Waals surface area (Å²) in [6, 6.07) is 8.00. The van der Waals surface area contributed by atoms with E-state index in [1.807, 2.05) is 24.4 Å².